The predicted octanol–water partition coefficient (Wildman–Crippen LogP) is 1.21. The number of esters is 1. The Morgan fingerprint density at radius 2 is 1.85 bits per heavy atom. The van der Waals surface area contributed by atoms with Crippen molar-refractivity contribution >= 4 is 17.8 Å². The Bertz CT molecular complexity index is 486. The van der Waals surface area contributed by atoms with Crippen LogP contribution >= 0.6 is 0 Å². The maximum Gasteiger partial charge on any atom is 0.340 e. The Morgan fingerprint density at radius 3 is 2.35 bits per heavy atom. The molecule has 0 aliphatic carbocycles. The number of hydrogen-bond acceptors (Lipinski definition) is 4. The lowest BCUT2D eigenvalue weighted by atomic mass is 10.2. The van der Waals surface area contributed by atoms with Crippen molar-refractivity contribution in [3.63, 3.8) is 0 Å². The van der Waals surface area contributed by atoms with Crippen molar-refractivity contribution in [3.05, 3.63) is 35.9 Å². The largest absolute Gasteiger partial charge is 0.479 e. The first kappa shape index (κ1) is 15.7. The molecule has 1 amide bonds. The summed E-state index contributed by atoms with van der Waals surface area (Å²) in [4.78, 5) is 34.6. The molecule has 1 aromatic carbocycles. The quantitative estimate of drug-likeness (QED) is 0.603. The zero-order chi connectivity index (χ0) is 15.1. The molecule has 0 aliphatic rings. The zero-order valence-corrected chi connectivity index (χ0v) is 11.3. The number of carbonyl (C=O) groups is 3. The van der Waals surface area contributed by atoms with Crippen molar-refractivity contribution < 1.29 is 24.2 Å². The monoisotopic (exact) mass is 279 g/mol. The SMILES string of the molecule is CCC(C)OC(=O)C(NC(=O)c1ccccc1)C(=O)O. The van der Waals surface area contributed by atoms with Crippen LogP contribution in [0.2, 0.25) is 0 Å². The summed E-state index contributed by atoms with van der Waals surface area (Å²) in [5.41, 5.74) is 0.273. The van der Waals surface area contributed by atoms with Crippen LogP contribution in [0.1, 0.15) is 30.6 Å². The number of benzene rings is 1. The van der Waals surface area contributed by atoms with E-state index in [0.717, 1.165) is 0 Å². The number of aliphatic carboxylic acids is 1. The topological polar surface area (TPSA) is 92.7 Å². The van der Waals surface area contributed by atoms with E-state index in [2.05, 4.69) is 5.32 Å². The molecule has 2 N–H and O–H groups in total. The number of hydrogen-bond donors (Lipinski definition) is 2. The van der Waals surface area contributed by atoms with Crippen molar-refractivity contribution in [3.8, 4) is 0 Å². The average Bonchev–Trinajstić information content (AvgIpc) is 2.44. The van der Waals surface area contributed by atoms with Crippen LogP contribution in [0.3, 0.4) is 0 Å². The minimum atomic E-state index is -1.71. The minimum Gasteiger partial charge on any atom is -0.479 e. The van der Waals surface area contributed by atoms with Gasteiger partial charge in [-0.3, -0.25) is 4.79 Å². The van der Waals surface area contributed by atoms with Crippen LogP contribution in [0.15, 0.2) is 30.3 Å². The first-order valence-electron chi connectivity index (χ1n) is 6.25. The molecule has 0 spiro atoms. The van der Waals surface area contributed by atoms with E-state index in [9.17, 15) is 14.4 Å². The molecule has 0 aliphatic heterocycles. The van der Waals surface area contributed by atoms with E-state index in [1.807, 2.05) is 0 Å². The standard InChI is InChI=1S/C14H17NO5/c1-3-9(2)20-14(19)11(13(17)18)15-12(16)10-7-5-4-6-8-10/h4-9,11H,3H2,1-2H3,(H,15,16)(H,17,18). The Balaban J connectivity index is 2.75. The fraction of sp³-hybridized carbons (Fsp3) is 0.357. The molecule has 0 saturated carbocycles. The summed E-state index contributed by atoms with van der Waals surface area (Å²) in [6.07, 6.45) is 0.156. The lowest BCUT2D eigenvalue weighted by molar-refractivity contribution is -0.158. The summed E-state index contributed by atoms with van der Waals surface area (Å²) in [6.45, 7) is 3.45. The highest BCUT2D eigenvalue weighted by Gasteiger charge is 2.30. The van der Waals surface area contributed by atoms with Gasteiger partial charge in [-0.25, -0.2) is 9.59 Å². The molecule has 1 rings (SSSR count). The van der Waals surface area contributed by atoms with E-state index in [-0.39, 0.29) is 5.56 Å². The lowest BCUT2D eigenvalue weighted by Crippen LogP contribution is -2.48. The van der Waals surface area contributed by atoms with E-state index in [1.54, 1.807) is 32.0 Å². The Hall–Kier alpha value is -2.37. The van der Waals surface area contributed by atoms with Crippen molar-refractivity contribution in [2.24, 2.45) is 0 Å². The van der Waals surface area contributed by atoms with Crippen LogP contribution in [0.4, 0.5) is 0 Å². The number of amides is 1. The smallest absolute Gasteiger partial charge is 0.340 e. The molecule has 0 aromatic heterocycles. The number of nitrogens with one attached hydrogen (secondary N) is 1. The summed E-state index contributed by atoms with van der Waals surface area (Å²) in [5, 5.41) is 11.2. The van der Waals surface area contributed by atoms with Crippen LogP contribution in [0.5, 0.6) is 0 Å². The Kier molecular flexibility index (Phi) is 5.71. The molecule has 0 heterocycles. The highest BCUT2D eigenvalue weighted by Crippen LogP contribution is 2.03. The average molecular weight is 279 g/mol. The first-order chi connectivity index (χ1) is 9.45. The highest BCUT2D eigenvalue weighted by molar-refractivity contribution is 6.05. The Labute approximate surface area is 116 Å². The number of carboxylic acids is 1. The van der Waals surface area contributed by atoms with E-state index in [1.165, 1.54) is 12.1 Å². The molecule has 0 bridgehead atoms. The molecule has 6 nitrogen and oxygen atoms in total. The van der Waals surface area contributed by atoms with Crippen molar-refractivity contribution in [1.82, 2.24) is 5.32 Å². The van der Waals surface area contributed by atoms with Gasteiger partial charge >= 0.3 is 11.9 Å². The summed E-state index contributed by atoms with van der Waals surface area (Å²) in [5.74, 6) is -3.07. The second kappa shape index (κ2) is 7.28. The third-order valence-corrected chi connectivity index (χ3v) is 2.69. The minimum absolute atomic E-state index is 0.273. The van der Waals surface area contributed by atoms with Crippen LogP contribution < -0.4 is 5.32 Å². The third-order valence-electron chi connectivity index (χ3n) is 2.69. The van der Waals surface area contributed by atoms with Gasteiger partial charge in [0.25, 0.3) is 5.91 Å². The van der Waals surface area contributed by atoms with Gasteiger partial charge in [-0.2, -0.15) is 0 Å². The van der Waals surface area contributed by atoms with Gasteiger partial charge in [-0.15, -0.1) is 0 Å². The molecule has 1 aromatic rings. The van der Waals surface area contributed by atoms with Crippen LogP contribution in [-0.2, 0) is 14.3 Å². The summed E-state index contributed by atoms with van der Waals surface area (Å²) >= 11 is 0. The van der Waals surface area contributed by atoms with Crippen molar-refractivity contribution in [2.75, 3.05) is 0 Å². The van der Waals surface area contributed by atoms with Crippen LogP contribution in [-0.4, -0.2) is 35.1 Å². The summed E-state index contributed by atoms with van der Waals surface area (Å²) in [7, 11) is 0. The number of rotatable bonds is 6. The van der Waals surface area contributed by atoms with Crippen LogP contribution in [0, 0.1) is 0 Å². The van der Waals surface area contributed by atoms with E-state index in [4.69, 9.17) is 9.84 Å². The normalized spacial score (nSPS) is 13.1. The van der Waals surface area contributed by atoms with E-state index >= 15 is 0 Å². The van der Waals surface area contributed by atoms with Crippen LogP contribution in [0.25, 0.3) is 0 Å². The second-order valence-corrected chi connectivity index (χ2v) is 4.27. The molecule has 0 fully saturated rings. The molecular weight excluding hydrogens is 262 g/mol. The molecule has 108 valence electrons. The molecule has 0 radical (unpaired) electrons. The molecular formula is C14H17NO5. The maximum absolute atomic E-state index is 11.8. The number of carbonyl (C=O) groups excluding carboxylic acids is 2. The van der Waals surface area contributed by atoms with Gasteiger partial charge in [0.2, 0.25) is 6.04 Å². The van der Waals surface area contributed by atoms with Gasteiger partial charge in [-0.1, -0.05) is 25.1 Å². The number of carboxylic acid groups (broad SMARTS) is 1. The van der Waals surface area contributed by atoms with Crippen molar-refractivity contribution in [2.45, 2.75) is 32.4 Å². The predicted molar refractivity (Wildman–Crippen MR) is 71.2 cm³/mol. The van der Waals surface area contributed by atoms with E-state index < -0.39 is 30.0 Å². The van der Waals surface area contributed by atoms with Gasteiger partial charge in [0.1, 0.15) is 0 Å². The molecule has 0 saturated heterocycles. The zero-order valence-electron chi connectivity index (χ0n) is 11.3. The lowest BCUT2D eigenvalue weighted by Gasteiger charge is -2.16. The molecule has 2 unspecified atom stereocenters. The number of ether oxygens (including phenoxy) is 1. The van der Waals surface area contributed by atoms with Gasteiger partial charge < -0.3 is 15.2 Å². The third kappa shape index (κ3) is 4.38. The van der Waals surface area contributed by atoms with Gasteiger partial charge in [0.15, 0.2) is 0 Å². The first-order valence-corrected chi connectivity index (χ1v) is 6.25. The highest BCUT2D eigenvalue weighted by atomic mass is 16.5. The van der Waals surface area contributed by atoms with Gasteiger partial charge in [-0.05, 0) is 25.5 Å². The molecule has 6 heteroatoms. The van der Waals surface area contributed by atoms with Crippen molar-refractivity contribution in [1.29, 1.82) is 0 Å². The van der Waals surface area contributed by atoms with Gasteiger partial charge in [0.05, 0.1) is 6.10 Å². The second-order valence-electron chi connectivity index (χ2n) is 4.27. The maximum atomic E-state index is 11.8. The van der Waals surface area contributed by atoms with Gasteiger partial charge in [0, 0.05) is 5.56 Å². The molecule has 20 heavy (non-hydrogen) atoms. The van der Waals surface area contributed by atoms with E-state index in [0.29, 0.717) is 6.42 Å². The fourth-order valence-corrected chi connectivity index (χ4v) is 1.38. The fourth-order valence-electron chi connectivity index (χ4n) is 1.38. The Morgan fingerprint density at radius 1 is 1.25 bits per heavy atom. The summed E-state index contributed by atoms with van der Waals surface area (Å²) < 4.78 is 4.93. The molecule has 2 atom stereocenters. The summed E-state index contributed by atoms with van der Waals surface area (Å²) in [6, 6.07) is 6.34.